The number of hydrogen-bond acceptors (Lipinski definition) is 3. The Hall–Kier alpha value is -2.62. The van der Waals surface area contributed by atoms with Gasteiger partial charge in [0.05, 0.1) is 5.56 Å². The zero-order valence-corrected chi connectivity index (χ0v) is 13.0. The molecule has 4 heteroatoms. The van der Waals surface area contributed by atoms with Crippen LogP contribution < -0.4 is 5.32 Å². The van der Waals surface area contributed by atoms with E-state index in [4.69, 9.17) is 4.74 Å². The number of aryl methyl sites for hydroxylation is 1. The van der Waals surface area contributed by atoms with Crippen LogP contribution in [0.5, 0.6) is 0 Å². The van der Waals surface area contributed by atoms with Gasteiger partial charge in [-0.25, -0.2) is 4.79 Å². The van der Waals surface area contributed by atoms with Gasteiger partial charge in [-0.1, -0.05) is 48.5 Å². The highest BCUT2D eigenvalue weighted by molar-refractivity contribution is 5.94. The summed E-state index contributed by atoms with van der Waals surface area (Å²) in [6.07, 6.45) is 1.04. The maximum Gasteiger partial charge on any atom is 0.339 e. The van der Waals surface area contributed by atoms with Gasteiger partial charge in [-0.05, 0) is 31.4 Å². The number of benzene rings is 2. The van der Waals surface area contributed by atoms with Gasteiger partial charge in [0.2, 0.25) is 6.10 Å². The van der Waals surface area contributed by atoms with E-state index in [1.807, 2.05) is 37.3 Å². The molecule has 0 spiro atoms. The minimum absolute atomic E-state index is 0.214. The highest BCUT2D eigenvalue weighted by atomic mass is 16.5. The molecule has 1 aliphatic rings. The van der Waals surface area contributed by atoms with E-state index in [1.165, 1.54) is 0 Å². The number of hydrogen-bond donors (Lipinski definition) is 1. The Bertz CT molecular complexity index is 708. The van der Waals surface area contributed by atoms with Crippen molar-refractivity contribution in [1.82, 2.24) is 5.32 Å². The Morgan fingerprint density at radius 3 is 2.35 bits per heavy atom. The lowest BCUT2D eigenvalue weighted by Gasteiger charge is -2.18. The summed E-state index contributed by atoms with van der Waals surface area (Å²) in [6, 6.07) is 16.5. The predicted molar refractivity (Wildman–Crippen MR) is 86.9 cm³/mol. The zero-order valence-electron chi connectivity index (χ0n) is 13.0. The molecule has 1 saturated carbocycles. The summed E-state index contributed by atoms with van der Waals surface area (Å²) >= 11 is 0. The van der Waals surface area contributed by atoms with Crippen molar-refractivity contribution in [2.24, 2.45) is 0 Å². The third kappa shape index (κ3) is 3.77. The molecule has 2 aromatic rings. The number of esters is 1. The van der Waals surface area contributed by atoms with Crippen molar-refractivity contribution >= 4 is 11.9 Å². The second-order valence-corrected chi connectivity index (χ2v) is 5.79. The molecule has 0 unspecified atom stereocenters. The molecule has 1 fully saturated rings. The number of carbonyl (C=O) groups is 2. The largest absolute Gasteiger partial charge is 0.444 e. The zero-order chi connectivity index (χ0) is 16.2. The van der Waals surface area contributed by atoms with E-state index in [2.05, 4.69) is 5.32 Å². The number of ether oxygens (including phenoxy) is 1. The van der Waals surface area contributed by atoms with E-state index in [0.717, 1.165) is 18.4 Å². The molecule has 1 aliphatic carbocycles. The van der Waals surface area contributed by atoms with Gasteiger partial charge in [0.1, 0.15) is 0 Å². The van der Waals surface area contributed by atoms with E-state index < -0.39 is 12.1 Å². The molecule has 2 aromatic carbocycles. The molecule has 118 valence electrons. The summed E-state index contributed by atoms with van der Waals surface area (Å²) in [7, 11) is 0. The van der Waals surface area contributed by atoms with Gasteiger partial charge >= 0.3 is 5.97 Å². The first-order chi connectivity index (χ1) is 11.1. The Morgan fingerprint density at radius 1 is 1.04 bits per heavy atom. The molecule has 0 heterocycles. The summed E-state index contributed by atoms with van der Waals surface area (Å²) in [5.74, 6) is -0.747. The van der Waals surface area contributed by atoms with Gasteiger partial charge in [-0.2, -0.15) is 0 Å². The molecule has 0 bridgehead atoms. The Balaban J connectivity index is 1.82. The molecule has 23 heavy (non-hydrogen) atoms. The monoisotopic (exact) mass is 309 g/mol. The maximum atomic E-state index is 12.5. The fourth-order valence-corrected chi connectivity index (χ4v) is 2.38. The summed E-state index contributed by atoms with van der Waals surface area (Å²) in [5, 5.41) is 2.91. The van der Waals surface area contributed by atoms with Gasteiger partial charge in [-0.15, -0.1) is 0 Å². The van der Waals surface area contributed by atoms with Crippen molar-refractivity contribution in [2.75, 3.05) is 0 Å². The maximum absolute atomic E-state index is 12.5. The predicted octanol–water partition coefficient (Wildman–Crippen LogP) is 3.17. The van der Waals surface area contributed by atoms with E-state index in [-0.39, 0.29) is 11.9 Å². The van der Waals surface area contributed by atoms with Crippen molar-refractivity contribution in [1.29, 1.82) is 0 Å². The Labute approximate surface area is 135 Å². The first-order valence-corrected chi connectivity index (χ1v) is 7.77. The van der Waals surface area contributed by atoms with Crippen LogP contribution in [-0.2, 0) is 9.53 Å². The first kappa shape index (κ1) is 15.3. The number of amides is 1. The summed E-state index contributed by atoms with van der Waals surface area (Å²) < 4.78 is 5.54. The lowest BCUT2D eigenvalue weighted by atomic mass is 10.1. The van der Waals surface area contributed by atoms with E-state index in [0.29, 0.717) is 11.1 Å². The molecule has 1 atom stereocenters. The quantitative estimate of drug-likeness (QED) is 0.863. The van der Waals surface area contributed by atoms with Crippen LogP contribution in [0.3, 0.4) is 0 Å². The van der Waals surface area contributed by atoms with Crippen LogP contribution in [0.4, 0.5) is 0 Å². The normalized spacial score (nSPS) is 14.8. The molecule has 4 nitrogen and oxygen atoms in total. The standard InChI is InChI=1S/C19H19NO3/c1-13-7-5-6-10-16(13)19(22)23-17(14-8-3-2-4-9-14)18(21)20-15-11-12-15/h2-10,15,17H,11-12H2,1H3,(H,20,21)/t17-/m0/s1. The summed E-state index contributed by atoms with van der Waals surface area (Å²) in [4.78, 5) is 24.9. The minimum atomic E-state index is -0.927. The van der Waals surface area contributed by atoms with Crippen LogP contribution in [0.25, 0.3) is 0 Å². The van der Waals surface area contributed by atoms with Crippen molar-refractivity contribution in [2.45, 2.75) is 31.9 Å². The van der Waals surface area contributed by atoms with Crippen molar-refractivity contribution in [3.05, 3.63) is 71.3 Å². The van der Waals surface area contributed by atoms with E-state index in [9.17, 15) is 9.59 Å². The van der Waals surface area contributed by atoms with Gasteiger partial charge in [0.15, 0.2) is 0 Å². The third-order valence-electron chi connectivity index (χ3n) is 3.85. The van der Waals surface area contributed by atoms with Gasteiger partial charge < -0.3 is 10.1 Å². The molecule has 3 rings (SSSR count). The molecule has 1 amide bonds. The van der Waals surface area contributed by atoms with Crippen molar-refractivity contribution in [3.8, 4) is 0 Å². The Morgan fingerprint density at radius 2 is 1.70 bits per heavy atom. The molecule has 0 aromatic heterocycles. The number of rotatable bonds is 5. The van der Waals surface area contributed by atoms with Gasteiger partial charge in [-0.3, -0.25) is 4.79 Å². The summed E-state index contributed by atoms with van der Waals surface area (Å²) in [5.41, 5.74) is 1.98. The third-order valence-corrected chi connectivity index (χ3v) is 3.85. The van der Waals surface area contributed by atoms with Crippen LogP contribution in [0.2, 0.25) is 0 Å². The van der Waals surface area contributed by atoms with E-state index in [1.54, 1.807) is 24.3 Å². The highest BCUT2D eigenvalue weighted by Crippen LogP contribution is 2.24. The number of carbonyl (C=O) groups excluding carboxylic acids is 2. The second kappa shape index (κ2) is 6.65. The second-order valence-electron chi connectivity index (χ2n) is 5.79. The van der Waals surface area contributed by atoms with Crippen molar-refractivity contribution < 1.29 is 14.3 Å². The van der Waals surface area contributed by atoms with Gasteiger partial charge in [0.25, 0.3) is 5.91 Å². The summed E-state index contributed by atoms with van der Waals surface area (Å²) in [6.45, 7) is 1.85. The number of nitrogens with one attached hydrogen (secondary N) is 1. The fraction of sp³-hybridized carbons (Fsp3) is 0.263. The van der Waals surface area contributed by atoms with Crippen molar-refractivity contribution in [3.63, 3.8) is 0 Å². The minimum Gasteiger partial charge on any atom is -0.444 e. The van der Waals surface area contributed by atoms with E-state index >= 15 is 0 Å². The average molecular weight is 309 g/mol. The van der Waals surface area contributed by atoms with Crippen LogP contribution >= 0.6 is 0 Å². The molecule has 1 N–H and O–H groups in total. The lowest BCUT2D eigenvalue weighted by Crippen LogP contribution is -2.33. The van der Waals surface area contributed by atoms with Crippen LogP contribution in [0.1, 0.15) is 40.4 Å². The Kier molecular flexibility index (Phi) is 4.42. The highest BCUT2D eigenvalue weighted by Gasteiger charge is 2.31. The fourth-order valence-electron chi connectivity index (χ4n) is 2.38. The smallest absolute Gasteiger partial charge is 0.339 e. The topological polar surface area (TPSA) is 55.4 Å². The SMILES string of the molecule is Cc1ccccc1C(=O)O[C@H](C(=O)NC1CC1)c1ccccc1. The molecular formula is C19H19NO3. The lowest BCUT2D eigenvalue weighted by molar-refractivity contribution is -0.130. The van der Waals surface area contributed by atoms with Crippen LogP contribution in [0.15, 0.2) is 54.6 Å². The average Bonchev–Trinajstić information content (AvgIpc) is 3.37. The first-order valence-electron chi connectivity index (χ1n) is 7.77. The van der Waals surface area contributed by atoms with Gasteiger partial charge in [0, 0.05) is 11.6 Å². The van der Waals surface area contributed by atoms with Crippen LogP contribution in [0, 0.1) is 6.92 Å². The van der Waals surface area contributed by atoms with Crippen LogP contribution in [-0.4, -0.2) is 17.9 Å². The molecular weight excluding hydrogens is 290 g/mol. The molecule has 0 radical (unpaired) electrons. The molecule has 0 saturated heterocycles. The molecule has 0 aliphatic heterocycles.